The molecule has 2 unspecified atom stereocenters. The Morgan fingerprint density at radius 3 is 2.64 bits per heavy atom. The van der Waals surface area contributed by atoms with Crippen molar-refractivity contribution in [1.29, 1.82) is 0 Å². The van der Waals surface area contributed by atoms with Gasteiger partial charge in [-0.25, -0.2) is 0 Å². The Labute approximate surface area is 88.8 Å². The van der Waals surface area contributed by atoms with Crippen LogP contribution in [-0.4, -0.2) is 18.6 Å². The molecule has 1 fully saturated rings. The van der Waals surface area contributed by atoms with Crippen molar-refractivity contribution in [3.63, 3.8) is 0 Å². The summed E-state index contributed by atoms with van der Waals surface area (Å²) in [4.78, 5) is 10.4. The second-order valence-corrected chi connectivity index (χ2v) is 2.90. The Morgan fingerprint density at radius 2 is 2.27 bits per heavy atom. The van der Waals surface area contributed by atoms with Crippen LogP contribution in [0.3, 0.4) is 0 Å². The Bertz CT molecular complexity index is 140. The fourth-order valence-electron chi connectivity index (χ4n) is 1.35. The maximum atomic E-state index is 10.4. The fraction of sp³-hybridized carbons (Fsp3) is 0.857. The Kier molecular flexibility index (Phi) is 5.34. The summed E-state index contributed by atoms with van der Waals surface area (Å²) < 4.78 is 0. The first-order valence-electron chi connectivity index (χ1n) is 3.64. The van der Waals surface area contributed by atoms with Crippen molar-refractivity contribution >= 4 is 5.97 Å². The number of nitrogens with one attached hydrogen (secondary N) is 1. The summed E-state index contributed by atoms with van der Waals surface area (Å²) in [6.45, 7) is 2.80. The minimum Gasteiger partial charge on any atom is -0.550 e. The van der Waals surface area contributed by atoms with Gasteiger partial charge >= 0.3 is 29.6 Å². The van der Waals surface area contributed by atoms with Crippen LogP contribution in [0.1, 0.15) is 19.8 Å². The standard InChI is InChI=1S/C7H13NO2.Na/c1-5-4-6(7(9)10)2-3-8-5;/h5-6,8H,2-4H2,1H3,(H,9,10);/q;+1/p-1. The second kappa shape index (κ2) is 5.14. The van der Waals surface area contributed by atoms with Gasteiger partial charge in [0, 0.05) is 17.9 Å². The molecule has 0 aromatic rings. The van der Waals surface area contributed by atoms with Crippen LogP contribution >= 0.6 is 0 Å². The monoisotopic (exact) mass is 165 g/mol. The van der Waals surface area contributed by atoms with Gasteiger partial charge in [0.15, 0.2) is 0 Å². The molecule has 0 saturated carbocycles. The van der Waals surface area contributed by atoms with E-state index in [1.54, 1.807) is 0 Å². The van der Waals surface area contributed by atoms with Gasteiger partial charge in [0.2, 0.25) is 0 Å². The van der Waals surface area contributed by atoms with Gasteiger partial charge in [0.1, 0.15) is 0 Å². The number of hydrogen-bond donors (Lipinski definition) is 1. The van der Waals surface area contributed by atoms with Gasteiger partial charge in [-0.1, -0.05) is 0 Å². The summed E-state index contributed by atoms with van der Waals surface area (Å²) in [5, 5.41) is 13.5. The van der Waals surface area contributed by atoms with Crippen molar-refractivity contribution in [3.05, 3.63) is 0 Å². The van der Waals surface area contributed by atoms with E-state index in [9.17, 15) is 9.90 Å². The van der Waals surface area contributed by atoms with Crippen molar-refractivity contribution < 1.29 is 39.5 Å². The second-order valence-electron chi connectivity index (χ2n) is 2.90. The minimum absolute atomic E-state index is 0. The molecule has 1 N–H and O–H groups in total. The summed E-state index contributed by atoms with van der Waals surface area (Å²) >= 11 is 0. The molecule has 4 heteroatoms. The van der Waals surface area contributed by atoms with Crippen molar-refractivity contribution in [2.24, 2.45) is 5.92 Å². The van der Waals surface area contributed by atoms with Crippen LogP contribution in [0, 0.1) is 5.92 Å². The zero-order chi connectivity index (χ0) is 7.56. The predicted molar refractivity (Wildman–Crippen MR) is 35.2 cm³/mol. The van der Waals surface area contributed by atoms with Gasteiger partial charge in [-0.2, -0.15) is 0 Å². The summed E-state index contributed by atoms with van der Waals surface area (Å²) in [5.74, 6) is -1.12. The van der Waals surface area contributed by atoms with Gasteiger partial charge < -0.3 is 15.2 Å². The van der Waals surface area contributed by atoms with E-state index >= 15 is 0 Å². The van der Waals surface area contributed by atoms with Crippen LogP contribution in [-0.2, 0) is 4.79 Å². The van der Waals surface area contributed by atoms with E-state index in [2.05, 4.69) is 5.32 Å². The molecule has 1 saturated heterocycles. The Morgan fingerprint density at radius 1 is 1.64 bits per heavy atom. The maximum Gasteiger partial charge on any atom is 1.00 e. The average Bonchev–Trinajstić information content (AvgIpc) is 1.88. The zero-order valence-electron chi connectivity index (χ0n) is 7.09. The molecule has 0 radical (unpaired) electrons. The van der Waals surface area contributed by atoms with Crippen LogP contribution < -0.4 is 40.0 Å². The maximum absolute atomic E-state index is 10.4. The average molecular weight is 165 g/mol. The van der Waals surface area contributed by atoms with Crippen LogP contribution in [0.5, 0.6) is 0 Å². The van der Waals surface area contributed by atoms with Crippen molar-refractivity contribution in [2.45, 2.75) is 25.8 Å². The normalized spacial score (nSPS) is 30.6. The molecule has 1 heterocycles. The number of piperidine rings is 1. The Balaban J connectivity index is 0.000001000. The molecule has 1 aliphatic rings. The van der Waals surface area contributed by atoms with Crippen LogP contribution in [0.2, 0.25) is 0 Å². The van der Waals surface area contributed by atoms with E-state index in [0.717, 1.165) is 6.54 Å². The van der Waals surface area contributed by atoms with Gasteiger partial charge in [-0.05, 0) is 26.3 Å². The summed E-state index contributed by atoms with van der Waals surface area (Å²) in [5.41, 5.74) is 0. The van der Waals surface area contributed by atoms with E-state index in [0.29, 0.717) is 18.9 Å². The molecule has 2 atom stereocenters. The van der Waals surface area contributed by atoms with E-state index in [1.165, 1.54) is 0 Å². The molecule has 3 nitrogen and oxygen atoms in total. The minimum atomic E-state index is -0.895. The molecule has 0 spiro atoms. The molecule has 0 amide bonds. The zero-order valence-corrected chi connectivity index (χ0v) is 9.09. The van der Waals surface area contributed by atoms with Crippen LogP contribution in [0.15, 0.2) is 0 Å². The first-order valence-corrected chi connectivity index (χ1v) is 3.64. The molecule has 0 aliphatic carbocycles. The van der Waals surface area contributed by atoms with E-state index < -0.39 is 5.97 Å². The molecule has 11 heavy (non-hydrogen) atoms. The molecule has 0 aromatic heterocycles. The van der Waals surface area contributed by atoms with E-state index in [4.69, 9.17) is 0 Å². The first kappa shape index (κ1) is 11.4. The molecule has 1 rings (SSSR count). The Hall–Kier alpha value is 0.430. The number of carbonyl (C=O) groups is 1. The largest absolute Gasteiger partial charge is 1.00 e. The fourth-order valence-corrected chi connectivity index (χ4v) is 1.35. The first-order chi connectivity index (χ1) is 4.70. The number of hydrogen-bond acceptors (Lipinski definition) is 3. The van der Waals surface area contributed by atoms with Crippen LogP contribution in [0.4, 0.5) is 0 Å². The number of carboxylic acids is 1. The van der Waals surface area contributed by atoms with Gasteiger partial charge in [-0.15, -0.1) is 0 Å². The number of carbonyl (C=O) groups excluding carboxylic acids is 1. The SMILES string of the molecule is CC1CC(C(=O)[O-])CCN1.[Na+]. The summed E-state index contributed by atoms with van der Waals surface area (Å²) in [6.07, 6.45) is 1.43. The quantitative estimate of drug-likeness (QED) is 0.404. The number of carboxylic acid groups (broad SMARTS) is 1. The summed E-state index contributed by atoms with van der Waals surface area (Å²) in [6, 6.07) is 0.330. The van der Waals surface area contributed by atoms with Crippen molar-refractivity contribution in [2.75, 3.05) is 6.54 Å². The summed E-state index contributed by atoms with van der Waals surface area (Å²) in [7, 11) is 0. The third kappa shape index (κ3) is 3.56. The topological polar surface area (TPSA) is 52.2 Å². The molecular formula is C7H12NNaO2. The molecule has 58 valence electrons. The van der Waals surface area contributed by atoms with E-state index in [1.807, 2.05) is 6.92 Å². The van der Waals surface area contributed by atoms with Crippen LogP contribution in [0.25, 0.3) is 0 Å². The number of aliphatic carboxylic acids is 1. The van der Waals surface area contributed by atoms with Crippen molar-refractivity contribution in [1.82, 2.24) is 5.32 Å². The molecule has 1 aliphatic heterocycles. The van der Waals surface area contributed by atoms with E-state index in [-0.39, 0.29) is 35.5 Å². The van der Waals surface area contributed by atoms with Gasteiger partial charge in [-0.3, -0.25) is 0 Å². The van der Waals surface area contributed by atoms with Crippen molar-refractivity contribution in [3.8, 4) is 0 Å². The smallest absolute Gasteiger partial charge is 0.550 e. The number of rotatable bonds is 1. The third-order valence-electron chi connectivity index (χ3n) is 1.96. The van der Waals surface area contributed by atoms with Gasteiger partial charge in [0.25, 0.3) is 0 Å². The van der Waals surface area contributed by atoms with Gasteiger partial charge in [0.05, 0.1) is 0 Å². The predicted octanol–water partition coefficient (Wildman–Crippen LogP) is -3.87. The molecular weight excluding hydrogens is 153 g/mol. The molecule has 0 aromatic carbocycles. The third-order valence-corrected chi connectivity index (χ3v) is 1.96. The molecule has 0 bridgehead atoms.